The lowest BCUT2D eigenvalue weighted by molar-refractivity contribution is 0.562. The van der Waals surface area contributed by atoms with Gasteiger partial charge < -0.3 is 5.73 Å². The molecule has 0 aromatic heterocycles. The van der Waals surface area contributed by atoms with Crippen molar-refractivity contribution >= 4 is 37.1 Å². The second-order valence-corrected chi connectivity index (χ2v) is 9.48. The van der Waals surface area contributed by atoms with Crippen molar-refractivity contribution in [3.05, 3.63) is 29.8 Å². The number of nitrogens with two attached hydrogens (primary N) is 1. The van der Waals surface area contributed by atoms with Gasteiger partial charge in [0.2, 0.25) is 10.0 Å². The van der Waals surface area contributed by atoms with Gasteiger partial charge in [-0.05, 0) is 24.1 Å². The summed E-state index contributed by atoms with van der Waals surface area (Å²) >= 11 is 4.79. The smallest absolute Gasteiger partial charge is 0.240 e. The molecule has 1 fully saturated rings. The summed E-state index contributed by atoms with van der Waals surface area (Å²) in [7, 11) is -6.84. The molecule has 0 spiro atoms. The number of sulfone groups is 1. The lowest BCUT2D eigenvalue weighted by Gasteiger charge is -2.12. The van der Waals surface area contributed by atoms with Crippen molar-refractivity contribution < 1.29 is 16.8 Å². The quantitative estimate of drug-likeness (QED) is 0.725. The first-order chi connectivity index (χ1) is 9.68. The van der Waals surface area contributed by atoms with E-state index in [1.165, 1.54) is 12.1 Å². The average molecular weight is 348 g/mol. The van der Waals surface area contributed by atoms with Crippen molar-refractivity contribution in [2.75, 3.05) is 11.5 Å². The maximum atomic E-state index is 12.2. The molecular weight excluding hydrogens is 332 g/mol. The highest BCUT2D eigenvalue weighted by molar-refractivity contribution is 7.92. The van der Waals surface area contributed by atoms with Crippen LogP contribution in [0.15, 0.2) is 29.2 Å². The van der Waals surface area contributed by atoms with Crippen molar-refractivity contribution in [2.45, 2.75) is 23.8 Å². The molecule has 1 heterocycles. The van der Waals surface area contributed by atoms with Crippen molar-refractivity contribution in [2.24, 2.45) is 5.73 Å². The molecule has 116 valence electrons. The normalized spacial score (nSPS) is 21.2. The first-order valence-electron chi connectivity index (χ1n) is 6.28. The van der Waals surface area contributed by atoms with Crippen LogP contribution in [0, 0.1) is 0 Å². The second kappa shape index (κ2) is 5.99. The number of thiocarbonyl (C=S) groups is 1. The van der Waals surface area contributed by atoms with Gasteiger partial charge in [0.1, 0.15) is 0 Å². The molecule has 2 rings (SSSR count). The van der Waals surface area contributed by atoms with E-state index in [4.69, 9.17) is 18.0 Å². The molecule has 9 heteroatoms. The van der Waals surface area contributed by atoms with E-state index in [1.54, 1.807) is 12.1 Å². The van der Waals surface area contributed by atoms with Crippen LogP contribution in [0.5, 0.6) is 0 Å². The van der Waals surface area contributed by atoms with Gasteiger partial charge in [-0.15, -0.1) is 0 Å². The number of hydrogen-bond acceptors (Lipinski definition) is 5. The van der Waals surface area contributed by atoms with Gasteiger partial charge in [-0.2, -0.15) is 0 Å². The summed E-state index contributed by atoms with van der Waals surface area (Å²) in [4.78, 5) is 0.429. The zero-order valence-electron chi connectivity index (χ0n) is 11.2. The third-order valence-electron chi connectivity index (χ3n) is 3.17. The van der Waals surface area contributed by atoms with Crippen molar-refractivity contribution in [1.29, 1.82) is 0 Å². The molecule has 3 N–H and O–H groups in total. The first-order valence-corrected chi connectivity index (χ1v) is 9.99. The predicted molar refractivity (Wildman–Crippen MR) is 84.3 cm³/mol. The number of hydrogen-bond donors (Lipinski definition) is 2. The minimum Gasteiger partial charge on any atom is -0.393 e. The molecule has 1 unspecified atom stereocenters. The van der Waals surface area contributed by atoms with Crippen molar-refractivity contribution in [3.63, 3.8) is 0 Å². The minimum atomic E-state index is -3.72. The molecule has 1 aromatic rings. The molecule has 1 aliphatic rings. The summed E-state index contributed by atoms with van der Waals surface area (Å²) in [5.41, 5.74) is 6.25. The highest BCUT2D eigenvalue weighted by Gasteiger charge is 2.31. The minimum absolute atomic E-state index is 0.0209. The molecule has 6 nitrogen and oxygen atoms in total. The molecular formula is C12H16N2O4S3. The van der Waals surface area contributed by atoms with Crippen LogP contribution in [0.25, 0.3) is 0 Å². The number of nitrogens with one attached hydrogen (secondary N) is 1. The van der Waals surface area contributed by atoms with E-state index in [2.05, 4.69) is 4.72 Å². The van der Waals surface area contributed by atoms with E-state index in [9.17, 15) is 16.8 Å². The Morgan fingerprint density at radius 1 is 1.33 bits per heavy atom. The van der Waals surface area contributed by atoms with Crippen LogP contribution in [0.3, 0.4) is 0 Å². The first kappa shape index (κ1) is 16.3. The van der Waals surface area contributed by atoms with Crippen LogP contribution < -0.4 is 10.5 Å². The van der Waals surface area contributed by atoms with Crippen LogP contribution in [0.2, 0.25) is 0 Å². The molecule has 1 aromatic carbocycles. The van der Waals surface area contributed by atoms with Gasteiger partial charge in [0.15, 0.2) is 9.84 Å². The van der Waals surface area contributed by atoms with Crippen molar-refractivity contribution in [3.8, 4) is 0 Å². The van der Waals surface area contributed by atoms with E-state index in [1.807, 2.05) is 0 Å². The fourth-order valence-corrected chi connectivity index (χ4v) is 5.38. The standard InChI is InChI=1S/C12H16N2O4S3/c13-12(19)7-9-1-3-11(4-2-9)21(17,18)14-10-5-6-20(15,16)8-10/h1-4,10,14H,5-8H2,(H2,13,19). The number of rotatable bonds is 5. The van der Waals surface area contributed by atoms with Gasteiger partial charge in [0.05, 0.1) is 21.4 Å². The highest BCUT2D eigenvalue weighted by atomic mass is 32.2. The monoisotopic (exact) mass is 348 g/mol. The van der Waals surface area contributed by atoms with Gasteiger partial charge in [0.25, 0.3) is 0 Å². The molecule has 0 saturated carbocycles. The van der Waals surface area contributed by atoms with E-state index in [-0.39, 0.29) is 16.4 Å². The maximum absolute atomic E-state index is 12.2. The highest BCUT2D eigenvalue weighted by Crippen LogP contribution is 2.16. The fourth-order valence-electron chi connectivity index (χ4n) is 2.16. The van der Waals surface area contributed by atoms with Crippen LogP contribution in [-0.4, -0.2) is 39.4 Å². The molecule has 0 aliphatic carbocycles. The van der Waals surface area contributed by atoms with Gasteiger partial charge in [0, 0.05) is 12.5 Å². The molecule has 21 heavy (non-hydrogen) atoms. The summed E-state index contributed by atoms with van der Waals surface area (Å²) < 4.78 is 49.5. The third kappa shape index (κ3) is 4.47. The SMILES string of the molecule is NC(=S)Cc1ccc(S(=O)(=O)NC2CCS(=O)(=O)C2)cc1. The largest absolute Gasteiger partial charge is 0.393 e. The van der Waals surface area contributed by atoms with Crippen LogP contribution in [0.1, 0.15) is 12.0 Å². The summed E-state index contributed by atoms with van der Waals surface area (Å²) in [6.45, 7) is 0. The third-order valence-corrected chi connectivity index (χ3v) is 6.61. The van der Waals surface area contributed by atoms with E-state index < -0.39 is 25.9 Å². The van der Waals surface area contributed by atoms with Crippen LogP contribution in [0.4, 0.5) is 0 Å². The lowest BCUT2D eigenvalue weighted by Crippen LogP contribution is -2.35. The number of benzene rings is 1. The Kier molecular flexibility index (Phi) is 4.66. The lowest BCUT2D eigenvalue weighted by atomic mass is 10.1. The van der Waals surface area contributed by atoms with Gasteiger partial charge >= 0.3 is 0 Å². The molecule has 1 saturated heterocycles. The van der Waals surface area contributed by atoms with E-state index in [0.717, 1.165) is 5.56 Å². The molecule has 0 radical (unpaired) electrons. The number of sulfonamides is 1. The topological polar surface area (TPSA) is 106 Å². The Morgan fingerprint density at radius 2 is 1.95 bits per heavy atom. The Balaban J connectivity index is 2.11. The van der Waals surface area contributed by atoms with E-state index in [0.29, 0.717) is 17.8 Å². The average Bonchev–Trinajstić information content (AvgIpc) is 2.67. The fraction of sp³-hybridized carbons (Fsp3) is 0.417. The van der Waals surface area contributed by atoms with Gasteiger partial charge in [-0.3, -0.25) is 0 Å². The molecule has 1 atom stereocenters. The van der Waals surface area contributed by atoms with Gasteiger partial charge in [-0.1, -0.05) is 24.4 Å². The maximum Gasteiger partial charge on any atom is 0.240 e. The van der Waals surface area contributed by atoms with Crippen molar-refractivity contribution in [1.82, 2.24) is 4.72 Å². The summed E-state index contributed by atoms with van der Waals surface area (Å²) in [5.74, 6) is -0.126. The Labute approximate surface area is 129 Å². The predicted octanol–water partition coefficient (Wildman–Crippen LogP) is -0.0194. The van der Waals surface area contributed by atoms with Crippen LogP contribution >= 0.6 is 12.2 Å². The molecule has 1 aliphatic heterocycles. The summed E-state index contributed by atoms with van der Waals surface area (Å²) in [6, 6.07) is 5.63. The zero-order chi connectivity index (χ0) is 15.7. The van der Waals surface area contributed by atoms with Crippen LogP contribution in [-0.2, 0) is 26.3 Å². The molecule has 0 amide bonds. The summed E-state index contributed by atoms with van der Waals surface area (Å²) in [5, 5.41) is 0. The van der Waals surface area contributed by atoms with E-state index >= 15 is 0 Å². The zero-order valence-corrected chi connectivity index (χ0v) is 13.6. The Hall–Kier alpha value is -1.03. The molecule has 0 bridgehead atoms. The Bertz CT molecular complexity index is 739. The summed E-state index contributed by atoms with van der Waals surface area (Å²) in [6.07, 6.45) is 0.713. The van der Waals surface area contributed by atoms with Gasteiger partial charge in [-0.25, -0.2) is 21.6 Å². The Morgan fingerprint density at radius 3 is 2.43 bits per heavy atom. The second-order valence-electron chi connectivity index (χ2n) is 5.01.